The molecule has 0 N–H and O–H groups in total. The van der Waals surface area contributed by atoms with Crippen molar-refractivity contribution in [1.82, 2.24) is 0 Å². The molecule has 0 bridgehead atoms. The van der Waals surface area contributed by atoms with Gasteiger partial charge in [0.25, 0.3) is 0 Å². The Kier molecular flexibility index (Phi) is 7.85. The molecule has 0 unspecified atom stereocenters. The smallest absolute Gasteiger partial charge is 0.135 e. The lowest BCUT2D eigenvalue weighted by molar-refractivity contribution is 0.669. The molecular weight excluding hydrogens is 655 g/mol. The molecule has 0 radical (unpaired) electrons. The van der Waals surface area contributed by atoms with Crippen LogP contribution in [-0.2, 0) is 0 Å². The van der Waals surface area contributed by atoms with E-state index in [0.29, 0.717) is 0 Å². The van der Waals surface area contributed by atoms with Gasteiger partial charge in [-0.1, -0.05) is 152 Å². The van der Waals surface area contributed by atoms with Gasteiger partial charge in [-0.05, 0) is 116 Å². The topological polar surface area (TPSA) is 16.4 Å². The van der Waals surface area contributed by atoms with Crippen LogP contribution in [0.5, 0.6) is 0 Å². The first-order valence-corrected chi connectivity index (χ1v) is 18.4. The minimum Gasteiger partial charge on any atom is -0.456 e. The largest absolute Gasteiger partial charge is 0.456 e. The zero-order valence-corrected chi connectivity index (χ0v) is 29.6. The molecule has 9 aromatic carbocycles. The highest BCUT2D eigenvalue weighted by Crippen LogP contribution is 2.40. The molecular formula is C52H35NO. The summed E-state index contributed by atoms with van der Waals surface area (Å²) in [6.07, 6.45) is 0. The van der Waals surface area contributed by atoms with Crippen molar-refractivity contribution < 1.29 is 4.42 Å². The van der Waals surface area contributed by atoms with Gasteiger partial charge >= 0.3 is 0 Å². The van der Waals surface area contributed by atoms with Gasteiger partial charge in [0.2, 0.25) is 0 Å². The first kappa shape index (κ1) is 31.6. The van der Waals surface area contributed by atoms with Crippen molar-refractivity contribution in [3.8, 4) is 44.5 Å². The lowest BCUT2D eigenvalue weighted by atomic mass is 9.95. The lowest BCUT2D eigenvalue weighted by Gasteiger charge is -2.26. The van der Waals surface area contributed by atoms with Crippen molar-refractivity contribution in [3.05, 3.63) is 212 Å². The monoisotopic (exact) mass is 689 g/mol. The van der Waals surface area contributed by atoms with Crippen LogP contribution in [0.2, 0.25) is 0 Å². The fraction of sp³-hybridized carbons (Fsp3) is 0. The van der Waals surface area contributed by atoms with E-state index >= 15 is 0 Å². The Balaban J connectivity index is 1.04. The zero-order valence-electron chi connectivity index (χ0n) is 29.6. The van der Waals surface area contributed by atoms with Crippen LogP contribution in [0.4, 0.5) is 17.1 Å². The van der Waals surface area contributed by atoms with Crippen LogP contribution >= 0.6 is 0 Å². The van der Waals surface area contributed by atoms with Crippen molar-refractivity contribution in [2.45, 2.75) is 0 Å². The molecule has 0 amide bonds. The van der Waals surface area contributed by atoms with Crippen LogP contribution in [0.1, 0.15) is 0 Å². The number of fused-ring (bicyclic) bond motifs is 4. The van der Waals surface area contributed by atoms with Crippen molar-refractivity contribution >= 4 is 49.8 Å². The predicted molar refractivity (Wildman–Crippen MR) is 228 cm³/mol. The Morgan fingerprint density at radius 2 is 0.759 bits per heavy atom. The van der Waals surface area contributed by atoms with Gasteiger partial charge < -0.3 is 9.32 Å². The van der Waals surface area contributed by atoms with Crippen LogP contribution in [-0.4, -0.2) is 0 Å². The van der Waals surface area contributed by atoms with Crippen molar-refractivity contribution in [3.63, 3.8) is 0 Å². The van der Waals surface area contributed by atoms with E-state index in [4.69, 9.17) is 4.42 Å². The molecule has 1 aromatic heterocycles. The summed E-state index contributed by atoms with van der Waals surface area (Å²) >= 11 is 0. The Morgan fingerprint density at radius 1 is 0.278 bits per heavy atom. The maximum Gasteiger partial charge on any atom is 0.135 e. The third kappa shape index (κ3) is 5.81. The molecule has 0 spiro atoms. The third-order valence-electron chi connectivity index (χ3n) is 10.5. The summed E-state index contributed by atoms with van der Waals surface area (Å²) in [5, 5.41) is 4.73. The zero-order chi connectivity index (χ0) is 35.8. The number of anilines is 3. The lowest BCUT2D eigenvalue weighted by Crippen LogP contribution is -2.09. The number of rotatable bonds is 7. The summed E-state index contributed by atoms with van der Waals surface area (Å²) in [7, 11) is 0. The van der Waals surface area contributed by atoms with E-state index in [1.165, 1.54) is 55.3 Å². The molecule has 1 heterocycles. The summed E-state index contributed by atoms with van der Waals surface area (Å²) < 4.78 is 6.22. The summed E-state index contributed by atoms with van der Waals surface area (Å²) in [6.45, 7) is 0. The Labute approximate surface area is 314 Å². The Bertz CT molecular complexity index is 2920. The third-order valence-corrected chi connectivity index (χ3v) is 10.5. The number of hydrogen-bond acceptors (Lipinski definition) is 2. The van der Waals surface area contributed by atoms with Crippen molar-refractivity contribution in [2.24, 2.45) is 0 Å². The molecule has 54 heavy (non-hydrogen) atoms. The Morgan fingerprint density at radius 3 is 1.46 bits per heavy atom. The molecule has 0 aliphatic rings. The van der Waals surface area contributed by atoms with Crippen LogP contribution in [0.3, 0.4) is 0 Å². The first-order valence-electron chi connectivity index (χ1n) is 18.4. The van der Waals surface area contributed by atoms with Crippen LogP contribution in [0.25, 0.3) is 77.2 Å². The van der Waals surface area contributed by atoms with Crippen molar-refractivity contribution in [2.75, 3.05) is 4.90 Å². The van der Waals surface area contributed by atoms with E-state index in [0.717, 1.165) is 39.0 Å². The van der Waals surface area contributed by atoms with Gasteiger partial charge in [0.15, 0.2) is 0 Å². The van der Waals surface area contributed by atoms with Gasteiger partial charge in [-0.25, -0.2) is 0 Å². The number of benzene rings is 9. The van der Waals surface area contributed by atoms with Crippen LogP contribution < -0.4 is 4.90 Å². The highest BCUT2D eigenvalue weighted by Gasteiger charge is 2.16. The van der Waals surface area contributed by atoms with E-state index in [9.17, 15) is 0 Å². The van der Waals surface area contributed by atoms with E-state index in [-0.39, 0.29) is 0 Å². The molecule has 10 rings (SSSR count). The molecule has 254 valence electrons. The van der Waals surface area contributed by atoms with E-state index in [2.05, 4.69) is 205 Å². The number of nitrogens with zero attached hydrogens (tertiary/aromatic N) is 1. The molecule has 10 aromatic rings. The van der Waals surface area contributed by atoms with Crippen LogP contribution in [0, 0.1) is 0 Å². The fourth-order valence-corrected chi connectivity index (χ4v) is 7.76. The molecule has 0 atom stereocenters. The maximum atomic E-state index is 6.22. The molecule has 0 aliphatic carbocycles. The minimum atomic E-state index is 0.884. The SMILES string of the molecule is c1ccc(-c2cccc(-c3ccc(N(c4ccc(-c5cccc(-c6cccc7ccccc67)c5)cc4)c4ccc5oc6ccccc6c5c4)cc3)c2)cc1. The maximum absolute atomic E-state index is 6.22. The highest BCUT2D eigenvalue weighted by molar-refractivity contribution is 6.06. The second-order valence-corrected chi connectivity index (χ2v) is 13.8. The van der Waals surface area contributed by atoms with Crippen LogP contribution in [0.15, 0.2) is 217 Å². The highest BCUT2D eigenvalue weighted by atomic mass is 16.3. The quantitative estimate of drug-likeness (QED) is 0.166. The minimum absolute atomic E-state index is 0.884. The van der Waals surface area contributed by atoms with Gasteiger partial charge in [-0.3, -0.25) is 0 Å². The summed E-state index contributed by atoms with van der Waals surface area (Å²) in [5.41, 5.74) is 14.6. The summed E-state index contributed by atoms with van der Waals surface area (Å²) in [5.74, 6) is 0. The molecule has 0 saturated carbocycles. The number of furan rings is 1. The van der Waals surface area contributed by atoms with Gasteiger partial charge in [-0.2, -0.15) is 0 Å². The molecule has 0 fully saturated rings. The normalized spacial score (nSPS) is 11.3. The van der Waals surface area contributed by atoms with Gasteiger partial charge in [-0.15, -0.1) is 0 Å². The predicted octanol–water partition coefficient (Wildman–Crippen LogP) is 14.9. The summed E-state index contributed by atoms with van der Waals surface area (Å²) in [4.78, 5) is 2.34. The number of para-hydroxylation sites is 1. The van der Waals surface area contributed by atoms with E-state index < -0.39 is 0 Å². The molecule has 0 saturated heterocycles. The number of hydrogen-bond donors (Lipinski definition) is 0. The second-order valence-electron chi connectivity index (χ2n) is 13.8. The fourth-order valence-electron chi connectivity index (χ4n) is 7.76. The van der Waals surface area contributed by atoms with E-state index in [1.807, 2.05) is 12.1 Å². The van der Waals surface area contributed by atoms with Gasteiger partial charge in [0.05, 0.1) is 0 Å². The van der Waals surface area contributed by atoms with E-state index in [1.54, 1.807) is 0 Å². The van der Waals surface area contributed by atoms with Gasteiger partial charge in [0, 0.05) is 27.8 Å². The standard InChI is InChI=1S/C52H35NO/c1-2-11-36(12-3-1)40-15-8-16-41(33-40)37-23-27-44(28-24-37)53(46-31-32-52-50(35-46)49-20-6-7-22-51(49)54-52)45-29-25-38(26-30-45)42-17-9-18-43(34-42)48-21-10-14-39-13-4-5-19-47(39)48/h1-35H. The Hall–Kier alpha value is -7.16. The molecule has 2 nitrogen and oxygen atoms in total. The average Bonchev–Trinajstić information content (AvgIpc) is 3.63. The molecule has 2 heteroatoms. The van der Waals surface area contributed by atoms with Gasteiger partial charge in [0.1, 0.15) is 11.2 Å². The average molecular weight is 690 g/mol. The van der Waals surface area contributed by atoms with Crippen molar-refractivity contribution in [1.29, 1.82) is 0 Å². The summed E-state index contributed by atoms with van der Waals surface area (Å²) in [6, 6.07) is 75.9. The first-order chi connectivity index (χ1) is 26.7. The molecule has 0 aliphatic heterocycles. The second kappa shape index (κ2) is 13.4.